The number of anilines is 1. The fourth-order valence-corrected chi connectivity index (χ4v) is 5.76. The summed E-state index contributed by atoms with van der Waals surface area (Å²) in [5, 5.41) is 3.51. The summed E-state index contributed by atoms with van der Waals surface area (Å²) in [6.45, 7) is -0.0178. The second kappa shape index (κ2) is 9.65. The maximum absolute atomic E-state index is 12.6. The van der Waals surface area contributed by atoms with Crippen LogP contribution in [-0.4, -0.2) is 46.0 Å². The van der Waals surface area contributed by atoms with Crippen LogP contribution in [-0.2, 0) is 28.2 Å². The lowest BCUT2D eigenvalue weighted by Crippen LogP contribution is -2.36. The summed E-state index contributed by atoms with van der Waals surface area (Å²) < 4.78 is 0. The van der Waals surface area contributed by atoms with E-state index < -0.39 is 0 Å². The van der Waals surface area contributed by atoms with E-state index in [-0.39, 0.29) is 29.7 Å². The average Bonchev–Trinajstić information content (AvgIpc) is 3.13. The van der Waals surface area contributed by atoms with Crippen molar-refractivity contribution in [3.8, 4) is 0 Å². The van der Waals surface area contributed by atoms with Crippen LogP contribution in [0, 0.1) is 0 Å². The van der Waals surface area contributed by atoms with Crippen molar-refractivity contribution >= 4 is 50.8 Å². The van der Waals surface area contributed by atoms with Crippen LogP contribution in [0.15, 0.2) is 35.1 Å². The monoisotopic (exact) mass is 456 g/mol. The molecular formula is C22H24N4O3S2. The second-order valence-electron chi connectivity index (χ2n) is 7.56. The summed E-state index contributed by atoms with van der Waals surface area (Å²) in [7, 11) is 1.61. The number of amides is 2. The number of carbonyl (C=O) groups is 2. The number of H-pyrrole nitrogens is 1. The van der Waals surface area contributed by atoms with E-state index in [9.17, 15) is 14.4 Å². The van der Waals surface area contributed by atoms with E-state index in [1.54, 1.807) is 30.5 Å². The SMILES string of the molecule is CN(CC(=O)Nc1ccccc1)C(=O)CSCc1nc2sc3c(c2c(=O)[nH]1)CCCC3. The van der Waals surface area contributed by atoms with Crippen molar-refractivity contribution in [3.63, 3.8) is 0 Å². The van der Waals surface area contributed by atoms with Crippen LogP contribution in [0.2, 0.25) is 0 Å². The van der Waals surface area contributed by atoms with Crippen LogP contribution in [0.3, 0.4) is 0 Å². The van der Waals surface area contributed by atoms with Gasteiger partial charge in [-0.1, -0.05) is 18.2 Å². The molecule has 0 bridgehead atoms. The number of aromatic nitrogens is 2. The Morgan fingerprint density at radius 3 is 2.81 bits per heavy atom. The maximum Gasteiger partial charge on any atom is 0.259 e. The number of fused-ring (bicyclic) bond motifs is 3. The number of hydrogen-bond donors (Lipinski definition) is 2. The molecule has 1 aliphatic rings. The Hall–Kier alpha value is -2.65. The van der Waals surface area contributed by atoms with E-state index in [4.69, 9.17) is 0 Å². The summed E-state index contributed by atoms with van der Waals surface area (Å²) in [6.07, 6.45) is 4.26. The van der Waals surface area contributed by atoms with E-state index in [0.717, 1.165) is 29.5 Å². The third-order valence-electron chi connectivity index (χ3n) is 5.20. The zero-order valence-electron chi connectivity index (χ0n) is 17.3. The van der Waals surface area contributed by atoms with Crippen LogP contribution in [0.25, 0.3) is 10.2 Å². The molecule has 9 heteroatoms. The predicted octanol–water partition coefficient (Wildman–Crippen LogP) is 3.19. The minimum Gasteiger partial charge on any atom is -0.336 e. The summed E-state index contributed by atoms with van der Waals surface area (Å²) >= 11 is 3.00. The Morgan fingerprint density at radius 2 is 2.00 bits per heavy atom. The molecule has 0 unspecified atom stereocenters. The Kier molecular flexibility index (Phi) is 6.72. The highest BCUT2D eigenvalue weighted by atomic mass is 32.2. The Morgan fingerprint density at radius 1 is 1.23 bits per heavy atom. The molecule has 2 heterocycles. The topological polar surface area (TPSA) is 95.2 Å². The maximum atomic E-state index is 12.6. The Bertz CT molecular complexity index is 1160. The van der Waals surface area contributed by atoms with Crippen LogP contribution in [0.5, 0.6) is 0 Å². The normalized spacial score (nSPS) is 13.1. The van der Waals surface area contributed by atoms with E-state index >= 15 is 0 Å². The first kappa shape index (κ1) is 21.6. The molecule has 4 rings (SSSR count). The number of hydrogen-bond acceptors (Lipinski definition) is 6. The first-order valence-corrected chi connectivity index (χ1v) is 12.2. The van der Waals surface area contributed by atoms with Gasteiger partial charge in [0.05, 0.1) is 23.4 Å². The van der Waals surface area contributed by atoms with Crippen molar-refractivity contribution in [1.29, 1.82) is 0 Å². The van der Waals surface area contributed by atoms with Gasteiger partial charge in [0.15, 0.2) is 0 Å². The van der Waals surface area contributed by atoms with Crippen LogP contribution >= 0.6 is 23.1 Å². The highest BCUT2D eigenvalue weighted by Crippen LogP contribution is 2.33. The molecule has 2 aromatic heterocycles. The van der Waals surface area contributed by atoms with E-state index in [0.29, 0.717) is 17.3 Å². The average molecular weight is 457 g/mol. The number of thiophene rings is 1. The quantitative estimate of drug-likeness (QED) is 0.569. The van der Waals surface area contributed by atoms with Crippen molar-refractivity contribution < 1.29 is 9.59 Å². The van der Waals surface area contributed by atoms with Crippen LogP contribution in [0.4, 0.5) is 5.69 Å². The van der Waals surface area contributed by atoms with Gasteiger partial charge in [0.2, 0.25) is 11.8 Å². The van der Waals surface area contributed by atoms with E-state index in [2.05, 4.69) is 15.3 Å². The van der Waals surface area contributed by atoms with Crippen molar-refractivity contribution in [2.75, 3.05) is 24.7 Å². The van der Waals surface area contributed by atoms with Gasteiger partial charge >= 0.3 is 0 Å². The van der Waals surface area contributed by atoms with Gasteiger partial charge < -0.3 is 15.2 Å². The Balaban J connectivity index is 1.30. The molecule has 31 heavy (non-hydrogen) atoms. The largest absolute Gasteiger partial charge is 0.336 e. The lowest BCUT2D eigenvalue weighted by atomic mass is 9.97. The highest BCUT2D eigenvalue weighted by molar-refractivity contribution is 7.99. The van der Waals surface area contributed by atoms with Gasteiger partial charge in [-0.15, -0.1) is 23.1 Å². The molecule has 3 aromatic rings. The lowest BCUT2D eigenvalue weighted by molar-refractivity contribution is -0.131. The number of rotatable bonds is 7. The number of nitrogens with one attached hydrogen (secondary N) is 2. The van der Waals surface area contributed by atoms with Crippen molar-refractivity contribution in [3.05, 3.63) is 57.0 Å². The van der Waals surface area contributed by atoms with E-state index in [1.807, 2.05) is 18.2 Å². The van der Waals surface area contributed by atoms with Gasteiger partial charge in [-0.2, -0.15) is 0 Å². The zero-order valence-corrected chi connectivity index (χ0v) is 18.9. The standard InChI is InChI=1S/C22H24N4O3S2/c1-26(11-18(27)23-14-7-3-2-4-8-14)19(28)13-30-12-17-24-21(29)20-15-9-5-6-10-16(15)31-22(20)25-17/h2-4,7-8H,5-6,9-13H2,1H3,(H,23,27)(H,24,25,29). The minimum absolute atomic E-state index is 0.0178. The molecule has 0 radical (unpaired) electrons. The lowest BCUT2D eigenvalue weighted by Gasteiger charge is -2.16. The molecule has 162 valence electrons. The van der Waals surface area contributed by atoms with Gasteiger partial charge in [-0.3, -0.25) is 14.4 Å². The molecule has 0 saturated heterocycles. The summed E-state index contributed by atoms with van der Waals surface area (Å²) in [5.74, 6) is 0.827. The molecule has 0 spiro atoms. The predicted molar refractivity (Wildman–Crippen MR) is 126 cm³/mol. The fraction of sp³-hybridized carbons (Fsp3) is 0.364. The van der Waals surface area contributed by atoms with E-state index in [1.165, 1.54) is 33.5 Å². The molecule has 7 nitrogen and oxygen atoms in total. The Labute approximate surface area is 188 Å². The number of benzene rings is 1. The molecule has 0 fully saturated rings. The summed E-state index contributed by atoms with van der Waals surface area (Å²) in [5.41, 5.74) is 1.79. The number of thioether (sulfide) groups is 1. The van der Waals surface area contributed by atoms with Crippen molar-refractivity contribution in [2.45, 2.75) is 31.4 Å². The smallest absolute Gasteiger partial charge is 0.259 e. The number of para-hydroxylation sites is 1. The van der Waals surface area contributed by atoms with Gasteiger partial charge in [-0.05, 0) is 43.4 Å². The molecule has 0 saturated carbocycles. The highest BCUT2D eigenvalue weighted by Gasteiger charge is 2.20. The second-order valence-corrected chi connectivity index (χ2v) is 9.63. The fourth-order valence-electron chi connectivity index (χ4n) is 3.65. The number of aromatic amines is 1. The van der Waals surface area contributed by atoms with Gasteiger partial charge in [0.1, 0.15) is 10.7 Å². The zero-order chi connectivity index (χ0) is 21.8. The number of aryl methyl sites for hydroxylation is 2. The molecule has 1 aromatic carbocycles. The summed E-state index contributed by atoms with van der Waals surface area (Å²) in [4.78, 5) is 48.1. The number of nitrogens with zero attached hydrogens (tertiary/aromatic N) is 2. The molecular weight excluding hydrogens is 432 g/mol. The number of likely N-dealkylation sites (N-methyl/N-ethyl adjacent to an activating group) is 1. The molecule has 0 atom stereocenters. The third kappa shape index (κ3) is 5.16. The first-order valence-electron chi connectivity index (χ1n) is 10.2. The first-order chi connectivity index (χ1) is 15.0. The van der Waals surface area contributed by atoms with Crippen LogP contribution in [0.1, 0.15) is 29.1 Å². The molecule has 0 aliphatic heterocycles. The van der Waals surface area contributed by atoms with Crippen molar-refractivity contribution in [2.24, 2.45) is 0 Å². The van der Waals surface area contributed by atoms with Crippen LogP contribution < -0.4 is 10.9 Å². The minimum atomic E-state index is -0.245. The molecule has 2 N–H and O–H groups in total. The van der Waals surface area contributed by atoms with Crippen molar-refractivity contribution in [1.82, 2.24) is 14.9 Å². The third-order valence-corrected chi connectivity index (χ3v) is 7.32. The molecule has 1 aliphatic carbocycles. The number of carbonyl (C=O) groups excluding carboxylic acids is 2. The van der Waals surface area contributed by atoms with Gasteiger partial charge in [-0.25, -0.2) is 4.98 Å². The summed E-state index contributed by atoms with van der Waals surface area (Å²) in [6, 6.07) is 9.13. The molecule has 2 amide bonds. The van der Waals surface area contributed by atoms with Gasteiger partial charge in [0, 0.05) is 17.6 Å². The van der Waals surface area contributed by atoms with Gasteiger partial charge in [0.25, 0.3) is 5.56 Å².